The monoisotopic (exact) mass is 439 g/mol. The van der Waals surface area contributed by atoms with E-state index in [9.17, 15) is 9.59 Å². The smallest absolute Gasteiger partial charge is 0.407 e. The van der Waals surface area contributed by atoms with Gasteiger partial charge in [-0.25, -0.2) is 4.79 Å². The number of aromatic nitrogens is 2. The fraction of sp³-hybridized carbons (Fsp3) is 0.273. The summed E-state index contributed by atoms with van der Waals surface area (Å²) in [7, 11) is 0. The maximum atomic E-state index is 12.7. The van der Waals surface area contributed by atoms with Crippen molar-refractivity contribution in [2.24, 2.45) is 0 Å². The average Bonchev–Trinajstić information content (AvgIpc) is 3.33. The Hall–Kier alpha value is -2.84. The Morgan fingerprint density at radius 2 is 1.80 bits per heavy atom. The summed E-state index contributed by atoms with van der Waals surface area (Å²) in [6, 6.07) is 15.6. The van der Waals surface area contributed by atoms with Crippen molar-refractivity contribution in [2.45, 2.75) is 31.7 Å². The number of fused-ring (bicyclic) bond motifs is 3. The van der Waals surface area contributed by atoms with Crippen LogP contribution in [0.15, 0.2) is 54.0 Å². The van der Waals surface area contributed by atoms with Crippen LogP contribution in [0.2, 0.25) is 0 Å². The van der Waals surface area contributed by atoms with E-state index in [-0.39, 0.29) is 18.4 Å². The zero-order chi connectivity index (χ0) is 21.1. The number of amides is 1. The molecule has 1 aliphatic rings. The standard InChI is InChI=1S/C22H21N3O3S2/c1-2-7-19(20(26)25-22(29)30-13-23-25)24-21(27)28-12-18-16-10-5-3-8-14(16)15-9-4-6-11-17(15)18/h3-6,8-11,13,18-19H,2,7,12H2,1H3,(H,24,27)/t19-/m0/s1. The van der Waals surface area contributed by atoms with Crippen molar-refractivity contribution >= 4 is 35.6 Å². The van der Waals surface area contributed by atoms with Gasteiger partial charge >= 0.3 is 6.09 Å². The molecule has 0 spiro atoms. The molecule has 0 aliphatic heterocycles. The molecule has 0 unspecified atom stereocenters. The molecule has 30 heavy (non-hydrogen) atoms. The molecule has 1 amide bonds. The molecule has 1 aromatic heterocycles. The Labute approximate surface area is 183 Å². The Kier molecular flexibility index (Phi) is 6.06. The number of carbonyl (C=O) groups is 2. The average molecular weight is 440 g/mol. The molecule has 6 nitrogen and oxygen atoms in total. The molecule has 1 aliphatic carbocycles. The number of hydrogen-bond donors (Lipinski definition) is 1. The molecule has 0 radical (unpaired) electrons. The van der Waals surface area contributed by atoms with Crippen LogP contribution in [0.25, 0.3) is 11.1 Å². The quantitative estimate of drug-likeness (QED) is 0.546. The van der Waals surface area contributed by atoms with E-state index in [0.29, 0.717) is 10.4 Å². The van der Waals surface area contributed by atoms with Crippen LogP contribution in [0, 0.1) is 3.95 Å². The highest BCUT2D eigenvalue weighted by atomic mass is 32.1. The highest BCUT2D eigenvalue weighted by Crippen LogP contribution is 2.44. The van der Waals surface area contributed by atoms with E-state index in [1.54, 1.807) is 0 Å². The van der Waals surface area contributed by atoms with Crippen molar-refractivity contribution in [3.05, 3.63) is 69.1 Å². The van der Waals surface area contributed by atoms with E-state index >= 15 is 0 Å². The van der Waals surface area contributed by atoms with Gasteiger partial charge in [0.2, 0.25) is 0 Å². The first-order valence-electron chi connectivity index (χ1n) is 9.78. The van der Waals surface area contributed by atoms with Crippen LogP contribution in [-0.2, 0) is 4.74 Å². The van der Waals surface area contributed by atoms with Gasteiger partial charge in [0.05, 0.1) is 0 Å². The number of nitrogens with zero attached hydrogens (tertiary/aromatic N) is 2. The van der Waals surface area contributed by atoms with E-state index in [1.807, 2.05) is 31.2 Å². The van der Waals surface area contributed by atoms with Crippen LogP contribution in [-0.4, -0.2) is 34.4 Å². The van der Waals surface area contributed by atoms with Gasteiger partial charge in [0.25, 0.3) is 5.91 Å². The molecule has 1 N–H and O–H groups in total. The molecule has 4 rings (SSSR count). The van der Waals surface area contributed by atoms with Gasteiger partial charge in [0.15, 0.2) is 3.95 Å². The summed E-state index contributed by atoms with van der Waals surface area (Å²) in [6.07, 6.45) is 0.574. The molecule has 0 bridgehead atoms. The molecule has 0 saturated heterocycles. The molecule has 0 saturated carbocycles. The molecule has 1 heterocycles. The van der Waals surface area contributed by atoms with Crippen LogP contribution >= 0.6 is 23.6 Å². The lowest BCUT2D eigenvalue weighted by atomic mass is 9.98. The topological polar surface area (TPSA) is 73.2 Å². The third kappa shape index (κ3) is 3.93. The molecule has 1 atom stereocenters. The van der Waals surface area contributed by atoms with E-state index in [2.05, 4.69) is 34.7 Å². The molecule has 8 heteroatoms. The predicted octanol–water partition coefficient (Wildman–Crippen LogP) is 5.02. The van der Waals surface area contributed by atoms with Crippen molar-refractivity contribution < 1.29 is 14.3 Å². The molecule has 2 aromatic carbocycles. The predicted molar refractivity (Wildman–Crippen MR) is 118 cm³/mol. The maximum absolute atomic E-state index is 12.7. The summed E-state index contributed by atoms with van der Waals surface area (Å²) in [5, 5.41) is 6.67. The molecular formula is C22H21N3O3S2. The number of rotatable bonds is 6. The second-order valence-corrected chi connectivity index (χ2v) is 8.54. The van der Waals surface area contributed by atoms with Crippen molar-refractivity contribution in [2.75, 3.05) is 6.61 Å². The van der Waals surface area contributed by atoms with Crippen LogP contribution in [0.4, 0.5) is 4.79 Å². The minimum atomic E-state index is -0.737. The zero-order valence-corrected chi connectivity index (χ0v) is 18.0. The van der Waals surface area contributed by atoms with E-state index in [1.165, 1.54) is 28.0 Å². The summed E-state index contributed by atoms with van der Waals surface area (Å²) in [5.74, 6) is -0.382. The summed E-state index contributed by atoms with van der Waals surface area (Å²) in [4.78, 5) is 25.2. The summed E-state index contributed by atoms with van der Waals surface area (Å²) in [6.45, 7) is 2.14. The Morgan fingerprint density at radius 3 is 2.37 bits per heavy atom. The van der Waals surface area contributed by atoms with Gasteiger partial charge in [-0.15, -0.1) is 0 Å². The first-order chi connectivity index (χ1) is 14.6. The molecular weight excluding hydrogens is 418 g/mol. The van der Waals surface area contributed by atoms with Crippen molar-refractivity contribution in [3.63, 3.8) is 0 Å². The Morgan fingerprint density at radius 1 is 1.17 bits per heavy atom. The summed E-state index contributed by atoms with van der Waals surface area (Å²) >= 11 is 6.33. The molecule has 3 aromatic rings. The van der Waals surface area contributed by atoms with Crippen LogP contribution in [0.3, 0.4) is 0 Å². The van der Waals surface area contributed by atoms with Gasteiger partial charge < -0.3 is 10.1 Å². The van der Waals surface area contributed by atoms with E-state index < -0.39 is 12.1 Å². The normalized spacial score (nSPS) is 13.4. The number of benzene rings is 2. The largest absolute Gasteiger partial charge is 0.449 e. The number of hydrogen-bond acceptors (Lipinski definition) is 6. The fourth-order valence-corrected chi connectivity index (χ4v) is 4.57. The lowest BCUT2D eigenvalue weighted by Gasteiger charge is -2.18. The lowest BCUT2D eigenvalue weighted by molar-refractivity contribution is 0.0815. The zero-order valence-electron chi connectivity index (χ0n) is 16.4. The third-order valence-electron chi connectivity index (χ3n) is 5.21. The lowest BCUT2D eigenvalue weighted by Crippen LogP contribution is -2.44. The van der Waals surface area contributed by atoms with Crippen LogP contribution in [0.1, 0.15) is 41.6 Å². The van der Waals surface area contributed by atoms with Gasteiger partial charge in [-0.2, -0.15) is 9.78 Å². The first-order valence-corrected chi connectivity index (χ1v) is 11.1. The second kappa shape index (κ2) is 8.89. The maximum Gasteiger partial charge on any atom is 0.407 e. The van der Waals surface area contributed by atoms with Crippen molar-refractivity contribution in [1.29, 1.82) is 0 Å². The minimum absolute atomic E-state index is 0.0318. The number of nitrogens with one attached hydrogen (secondary N) is 1. The van der Waals surface area contributed by atoms with Crippen LogP contribution < -0.4 is 5.32 Å². The number of carbonyl (C=O) groups excluding carboxylic acids is 2. The van der Waals surface area contributed by atoms with Gasteiger partial charge in [0.1, 0.15) is 18.2 Å². The minimum Gasteiger partial charge on any atom is -0.449 e. The number of alkyl carbamates (subject to hydrolysis) is 1. The number of ether oxygens (including phenoxy) is 1. The Bertz CT molecular complexity index is 1090. The third-order valence-corrected chi connectivity index (χ3v) is 6.24. The van der Waals surface area contributed by atoms with Crippen molar-refractivity contribution in [1.82, 2.24) is 15.1 Å². The first kappa shape index (κ1) is 20.4. The van der Waals surface area contributed by atoms with Gasteiger partial charge in [-0.3, -0.25) is 4.79 Å². The SMILES string of the molecule is CCC[C@H](NC(=O)OCC1c2ccccc2-c2ccccc21)C(=O)n1ncsc1=S. The molecule has 0 fully saturated rings. The molecule has 154 valence electrons. The summed E-state index contributed by atoms with van der Waals surface area (Å²) < 4.78 is 7.07. The second-order valence-electron chi connectivity index (χ2n) is 7.07. The van der Waals surface area contributed by atoms with E-state index in [4.69, 9.17) is 17.0 Å². The van der Waals surface area contributed by atoms with E-state index in [0.717, 1.165) is 22.2 Å². The highest BCUT2D eigenvalue weighted by molar-refractivity contribution is 7.73. The van der Waals surface area contributed by atoms with Crippen LogP contribution in [0.5, 0.6) is 0 Å². The Balaban J connectivity index is 1.46. The highest BCUT2D eigenvalue weighted by Gasteiger charge is 2.30. The van der Waals surface area contributed by atoms with Gasteiger partial charge in [-0.05, 0) is 40.9 Å². The van der Waals surface area contributed by atoms with Gasteiger partial charge in [-0.1, -0.05) is 73.2 Å². The van der Waals surface area contributed by atoms with Crippen molar-refractivity contribution in [3.8, 4) is 11.1 Å². The van der Waals surface area contributed by atoms with Gasteiger partial charge in [0, 0.05) is 5.92 Å². The summed E-state index contributed by atoms with van der Waals surface area (Å²) in [5.41, 5.74) is 6.12. The fourth-order valence-electron chi connectivity index (χ4n) is 3.84.